The van der Waals surface area contributed by atoms with Gasteiger partial charge in [-0.1, -0.05) is 0 Å². The Morgan fingerprint density at radius 2 is 0.714 bits per heavy atom. The molecule has 0 saturated carbocycles. The van der Waals surface area contributed by atoms with Gasteiger partial charge < -0.3 is 63.1 Å². The van der Waals surface area contributed by atoms with Gasteiger partial charge in [0.15, 0.2) is 0 Å². The van der Waals surface area contributed by atoms with Crippen LogP contribution < -0.4 is 9.79 Å². The fraction of sp³-hybridized carbons (Fsp3) is 0. The number of phosphoric acid groups is 1. The molecular formula is H17MgO12P. The maximum absolute atomic E-state index is 8.66. The van der Waals surface area contributed by atoms with Gasteiger partial charge in [-0.3, -0.25) is 0 Å². The maximum Gasteiger partial charge on any atom is 2.00 e. The summed E-state index contributed by atoms with van der Waals surface area (Å²) in [6.45, 7) is 0. The molecule has 0 saturated heterocycles. The first-order valence-corrected chi connectivity index (χ1v) is 2.24. The Balaban J connectivity index is -0.00000000222. The summed E-state index contributed by atoms with van der Waals surface area (Å²) in [6, 6.07) is 0. The van der Waals surface area contributed by atoms with Gasteiger partial charge in [-0.25, -0.2) is 0 Å². The molecule has 0 fully saturated rings. The molecule has 0 aliphatic rings. The van der Waals surface area contributed by atoms with Gasteiger partial charge in [-0.15, -0.1) is 0 Å². The van der Waals surface area contributed by atoms with Gasteiger partial charge in [-0.2, -0.15) is 0 Å². The monoisotopic (exact) mass is 264 g/mol. The second kappa shape index (κ2) is 49.7. The summed E-state index contributed by atoms with van der Waals surface area (Å²) >= 11 is 0. The predicted molar refractivity (Wildman–Crippen MR) is 44.5 cm³/mol. The summed E-state index contributed by atoms with van der Waals surface area (Å²) in [7, 11) is -5.14. The first-order chi connectivity index (χ1) is 2.00. The molecule has 12 nitrogen and oxygen atoms in total. The Morgan fingerprint density at radius 3 is 0.714 bits per heavy atom. The largest absolute Gasteiger partial charge is 2.00 e. The fourth-order valence-corrected chi connectivity index (χ4v) is 0. The molecule has 0 aromatic rings. The van der Waals surface area contributed by atoms with Crippen LogP contribution in [-0.2, 0) is 4.57 Å². The average molecular weight is 264 g/mol. The van der Waals surface area contributed by atoms with Crippen molar-refractivity contribution in [3.05, 3.63) is 0 Å². The van der Waals surface area contributed by atoms with E-state index >= 15 is 0 Å². The summed E-state index contributed by atoms with van der Waals surface area (Å²) in [5, 5.41) is 0. The SMILES string of the molecule is O.O.O.O.O.O.O.O.O=P([O-])([O-])O.[Mg+2]. The third-order valence-corrected chi connectivity index (χ3v) is 0. The zero-order valence-electron chi connectivity index (χ0n) is 6.83. The molecular weight excluding hydrogens is 247 g/mol. The molecule has 0 atom stereocenters. The van der Waals surface area contributed by atoms with Gasteiger partial charge in [0.05, 0.1) is 7.82 Å². The van der Waals surface area contributed by atoms with E-state index in [4.69, 9.17) is 19.2 Å². The Hall–Kier alpha value is 0.556. The van der Waals surface area contributed by atoms with Crippen LogP contribution in [0.4, 0.5) is 0 Å². The smallest absolute Gasteiger partial charge is 0.790 e. The van der Waals surface area contributed by atoms with Gasteiger partial charge in [0.1, 0.15) is 0 Å². The van der Waals surface area contributed by atoms with Crippen LogP contribution in [0.15, 0.2) is 0 Å². The molecule has 0 bridgehead atoms. The molecule has 0 radical (unpaired) electrons. The van der Waals surface area contributed by atoms with E-state index in [0.717, 1.165) is 0 Å². The third kappa shape index (κ3) is 5420. The van der Waals surface area contributed by atoms with E-state index in [9.17, 15) is 0 Å². The van der Waals surface area contributed by atoms with Crippen molar-refractivity contribution in [2.45, 2.75) is 0 Å². The minimum Gasteiger partial charge on any atom is -0.790 e. The Morgan fingerprint density at radius 1 is 0.714 bits per heavy atom. The third-order valence-electron chi connectivity index (χ3n) is 0. The minimum atomic E-state index is -5.14. The molecule has 14 heavy (non-hydrogen) atoms. The molecule has 96 valence electrons. The van der Waals surface area contributed by atoms with E-state index in [-0.39, 0.29) is 66.9 Å². The first kappa shape index (κ1) is 129. The van der Waals surface area contributed by atoms with Crippen LogP contribution >= 0.6 is 7.82 Å². The average Bonchev–Trinajstić information content (AvgIpc) is 0.722. The second-order valence-electron chi connectivity index (χ2n) is 0.469. The molecule has 0 heterocycles. The predicted octanol–water partition coefficient (Wildman–Crippen LogP) is -9.17. The zero-order valence-corrected chi connectivity index (χ0v) is 9.13. The molecule has 0 amide bonds. The molecule has 0 unspecified atom stereocenters. The Labute approximate surface area is 94.4 Å². The van der Waals surface area contributed by atoms with Gasteiger partial charge in [0, 0.05) is 0 Å². The summed E-state index contributed by atoms with van der Waals surface area (Å²) in [5.74, 6) is 0. The van der Waals surface area contributed by atoms with E-state index in [1.165, 1.54) is 0 Å². The van der Waals surface area contributed by atoms with Crippen molar-refractivity contribution < 1.29 is 63.1 Å². The van der Waals surface area contributed by atoms with Crippen molar-refractivity contribution in [3.8, 4) is 0 Å². The summed E-state index contributed by atoms with van der Waals surface area (Å²) in [6.07, 6.45) is 0. The fourth-order valence-electron chi connectivity index (χ4n) is 0. The van der Waals surface area contributed by atoms with Crippen LogP contribution in [0.2, 0.25) is 0 Å². The summed E-state index contributed by atoms with van der Waals surface area (Å²) in [4.78, 5) is 24.3. The van der Waals surface area contributed by atoms with Crippen molar-refractivity contribution >= 4 is 30.9 Å². The summed E-state index contributed by atoms with van der Waals surface area (Å²) in [5.41, 5.74) is 0. The topological polar surface area (TPSA) is 335 Å². The van der Waals surface area contributed by atoms with Crippen molar-refractivity contribution in [3.63, 3.8) is 0 Å². The molecule has 0 aromatic carbocycles. The molecule has 0 spiro atoms. The van der Waals surface area contributed by atoms with Crippen LogP contribution in [-0.4, -0.2) is 71.8 Å². The van der Waals surface area contributed by atoms with Crippen molar-refractivity contribution in [2.24, 2.45) is 0 Å². The number of hydrogen-bond acceptors (Lipinski definition) is 3. The van der Waals surface area contributed by atoms with E-state index in [2.05, 4.69) is 0 Å². The Kier molecular flexibility index (Phi) is 458. The quantitative estimate of drug-likeness (QED) is 0.328. The molecule has 0 rings (SSSR count). The number of rotatable bonds is 0. The van der Waals surface area contributed by atoms with Crippen LogP contribution in [0.25, 0.3) is 0 Å². The molecule has 0 aliphatic carbocycles. The van der Waals surface area contributed by atoms with Gasteiger partial charge in [0.2, 0.25) is 0 Å². The van der Waals surface area contributed by atoms with Crippen molar-refractivity contribution in [1.82, 2.24) is 0 Å². The molecule has 0 aromatic heterocycles. The van der Waals surface area contributed by atoms with Gasteiger partial charge >= 0.3 is 23.1 Å². The van der Waals surface area contributed by atoms with Crippen molar-refractivity contribution in [2.75, 3.05) is 0 Å². The standard InChI is InChI=1S/Mg.H3O4P.8H2O/c;1-5(2,3)4;;;;;;;;/h;(H3,1,2,3,4);8*1H2/q+2;;;;;;;;;/p-2. The molecule has 17 N–H and O–H groups in total. The second-order valence-corrected chi connectivity index (χ2v) is 1.41. The van der Waals surface area contributed by atoms with E-state index < -0.39 is 7.82 Å². The summed E-state index contributed by atoms with van der Waals surface area (Å²) < 4.78 is 8.66. The van der Waals surface area contributed by atoms with E-state index in [1.54, 1.807) is 0 Å². The van der Waals surface area contributed by atoms with Crippen LogP contribution in [0, 0.1) is 0 Å². The minimum absolute atomic E-state index is 0. The van der Waals surface area contributed by atoms with E-state index in [1.807, 2.05) is 0 Å². The van der Waals surface area contributed by atoms with E-state index in [0.29, 0.717) is 0 Å². The molecule has 14 heteroatoms. The molecule has 0 aliphatic heterocycles. The van der Waals surface area contributed by atoms with Crippen LogP contribution in [0.3, 0.4) is 0 Å². The van der Waals surface area contributed by atoms with Crippen LogP contribution in [0.1, 0.15) is 0 Å². The van der Waals surface area contributed by atoms with Gasteiger partial charge in [0.25, 0.3) is 0 Å². The first-order valence-electron chi connectivity index (χ1n) is 0.748. The zero-order chi connectivity index (χ0) is 4.50. The number of hydrogen-bond donors (Lipinski definition) is 1. The van der Waals surface area contributed by atoms with Crippen molar-refractivity contribution in [1.29, 1.82) is 0 Å². The van der Waals surface area contributed by atoms with Crippen LogP contribution in [0.5, 0.6) is 0 Å². The normalized spacial score (nSPS) is 4.21. The van der Waals surface area contributed by atoms with Gasteiger partial charge in [-0.05, 0) is 0 Å². The Bertz CT molecular complexity index is 56.5. The maximum atomic E-state index is 8.66.